The average Bonchev–Trinajstić information content (AvgIpc) is 3.24. The van der Waals surface area contributed by atoms with Gasteiger partial charge in [-0.3, -0.25) is 14.5 Å². The zero-order chi connectivity index (χ0) is 28.3. The standard InChI is InChI=1S/C21H23NO3.C13H21NO/c23-20-18-12-6-7-13-19(18)21(24)22(20)14-8-1-2-9-15-25-16-17-10-4-3-5-11-17;14-10-6-1-2-7-11-15-12-13-8-4-3-5-9-13/h3-7,10-13H,1-2,8-9,14-16H2;3-5,8-9H,1-2,6-7,10-12,14H2. The van der Waals surface area contributed by atoms with E-state index in [-0.39, 0.29) is 11.8 Å². The highest BCUT2D eigenvalue weighted by atomic mass is 16.5. The number of nitrogens with two attached hydrogens (primary N) is 1. The second-order valence-electron chi connectivity index (χ2n) is 10.0. The Bertz CT molecular complexity index is 1090. The summed E-state index contributed by atoms with van der Waals surface area (Å²) in [6.45, 7) is 4.29. The molecule has 6 heteroatoms. The van der Waals surface area contributed by atoms with Gasteiger partial charge in [0.25, 0.3) is 11.8 Å². The van der Waals surface area contributed by atoms with Gasteiger partial charge in [-0.25, -0.2) is 0 Å². The van der Waals surface area contributed by atoms with Crippen molar-refractivity contribution in [3.05, 3.63) is 107 Å². The molecule has 0 fully saturated rings. The zero-order valence-electron chi connectivity index (χ0n) is 23.6. The summed E-state index contributed by atoms with van der Waals surface area (Å²) in [5.74, 6) is -0.321. The first-order chi connectivity index (χ1) is 19.7. The maximum Gasteiger partial charge on any atom is 0.261 e. The second kappa shape index (κ2) is 18.9. The normalized spacial score (nSPS) is 12.3. The summed E-state index contributed by atoms with van der Waals surface area (Å²) in [4.78, 5) is 25.8. The number of unbranched alkanes of at least 4 members (excludes halogenated alkanes) is 6. The van der Waals surface area contributed by atoms with E-state index < -0.39 is 0 Å². The van der Waals surface area contributed by atoms with Gasteiger partial charge in [-0.1, -0.05) is 98.5 Å². The number of hydrogen-bond acceptors (Lipinski definition) is 5. The molecule has 0 spiro atoms. The molecular weight excluding hydrogens is 500 g/mol. The van der Waals surface area contributed by atoms with Crippen molar-refractivity contribution in [3.63, 3.8) is 0 Å². The lowest BCUT2D eigenvalue weighted by molar-refractivity contribution is 0.0650. The lowest BCUT2D eigenvalue weighted by Gasteiger charge is -2.13. The van der Waals surface area contributed by atoms with Gasteiger partial charge in [0.1, 0.15) is 0 Å². The Kier molecular flexibility index (Phi) is 14.7. The van der Waals surface area contributed by atoms with Crippen molar-refractivity contribution in [1.29, 1.82) is 0 Å². The molecular formula is C34H44N2O4. The molecule has 0 atom stereocenters. The third-order valence-electron chi connectivity index (χ3n) is 6.76. The molecule has 0 aromatic heterocycles. The second-order valence-corrected chi connectivity index (χ2v) is 10.0. The van der Waals surface area contributed by atoms with Crippen LogP contribution in [-0.4, -0.2) is 43.0 Å². The van der Waals surface area contributed by atoms with Crippen LogP contribution in [0.15, 0.2) is 84.9 Å². The molecule has 0 aliphatic carbocycles. The first-order valence-electron chi connectivity index (χ1n) is 14.6. The van der Waals surface area contributed by atoms with Crippen molar-refractivity contribution in [2.24, 2.45) is 5.73 Å². The molecule has 0 radical (unpaired) electrons. The molecule has 2 amide bonds. The van der Waals surface area contributed by atoms with Crippen LogP contribution in [-0.2, 0) is 22.7 Å². The van der Waals surface area contributed by atoms with E-state index in [0.717, 1.165) is 64.9 Å². The van der Waals surface area contributed by atoms with Gasteiger partial charge in [0.15, 0.2) is 0 Å². The molecule has 0 unspecified atom stereocenters. The summed E-state index contributed by atoms with van der Waals surface area (Å²) in [5.41, 5.74) is 8.91. The van der Waals surface area contributed by atoms with Crippen LogP contribution in [0.1, 0.15) is 83.2 Å². The fraction of sp³-hybridized carbons (Fsp3) is 0.412. The van der Waals surface area contributed by atoms with Crippen molar-refractivity contribution in [2.45, 2.75) is 64.6 Å². The average molecular weight is 545 g/mol. The predicted octanol–water partition coefficient (Wildman–Crippen LogP) is 6.78. The van der Waals surface area contributed by atoms with Crippen molar-refractivity contribution in [2.75, 3.05) is 26.3 Å². The molecule has 1 aliphatic heterocycles. The fourth-order valence-corrected chi connectivity index (χ4v) is 4.50. The molecule has 0 bridgehead atoms. The van der Waals surface area contributed by atoms with Gasteiger partial charge in [-0.15, -0.1) is 0 Å². The number of carbonyl (C=O) groups is 2. The van der Waals surface area contributed by atoms with E-state index in [0.29, 0.717) is 24.3 Å². The van der Waals surface area contributed by atoms with Crippen LogP contribution < -0.4 is 5.73 Å². The van der Waals surface area contributed by atoms with Crippen LogP contribution in [0.3, 0.4) is 0 Å². The van der Waals surface area contributed by atoms with Gasteiger partial charge in [0, 0.05) is 19.8 Å². The summed E-state index contributed by atoms with van der Waals surface area (Å²) in [6.07, 6.45) is 8.60. The van der Waals surface area contributed by atoms with E-state index in [9.17, 15) is 9.59 Å². The van der Waals surface area contributed by atoms with Gasteiger partial charge >= 0.3 is 0 Å². The molecule has 6 nitrogen and oxygen atoms in total. The molecule has 1 aliphatic rings. The van der Waals surface area contributed by atoms with Gasteiger partial charge in [0.05, 0.1) is 24.3 Å². The summed E-state index contributed by atoms with van der Waals surface area (Å²) in [6, 6.07) is 27.5. The Morgan fingerprint density at radius 2 is 0.950 bits per heavy atom. The predicted molar refractivity (Wildman–Crippen MR) is 160 cm³/mol. The van der Waals surface area contributed by atoms with Crippen molar-refractivity contribution in [3.8, 4) is 0 Å². The topological polar surface area (TPSA) is 81.9 Å². The summed E-state index contributed by atoms with van der Waals surface area (Å²) in [7, 11) is 0. The van der Waals surface area contributed by atoms with Crippen LogP contribution in [0, 0.1) is 0 Å². The summed E-state index contributed by atoms with van der Waals surface area (Å²) in [5, 5.41) is 0. The third-order valence-corrected chi connectivity index (χ3v) is 6.76. The highest BCUT2D eigenvalue weighted by Crippen LogP contribution is 2.22. The molecule has 1 heterocycles. The largest absolute Gasteiger partial charge is 0.377 e. The number of ether oxygens (including phenoxy) is 2. The highest BCUT2D eigenvalue weighted by molar-refractivity contribution is 6.21. The van der Waals surface area contributed by atoms with Crippen LogP contribution >= 0.6 is 0 Å². The summed E-state index contributed by atoms with van der Waals surface area (Å²) >= 11 is 0. The Balaban J connectivity index is 0.000000252. The number of amides is 2. The minimum Gasteiger partial charge on any atom is -0.377 e. The lowest BCUT2D eigenvalue weighted by Crippen LogP contribution is -2.30. The number of benzene rings is 3. The van der Waals surface area contributed by atoms with Crippen molar-refractivity contribution < 1.29 is 19.1 Å². The minimum absolute atomic E-state index is 0.160. The SMILES string of the molecule is NCCCCCCOCc1ccccc1.O=C1c2ccccc2C(=O)N1CCCCCCOCc1ccccc1. The summed E-state index contributed by atoms with van der Waals surface area (Å²) < 4.78 is 11.2. The van der Waals surface area contributed by atoms with E-state index in [4.69, 9.17) is 15.2 Å². The fourth-order valence-electron chi connectivity index (χ4n) is 4.50. The Labute approximate surface area is 239 Å². The monoisotopic (exact) mass is 544 g/mol. The Hall–Kier alpha value is -3.32. The third kappa shape index (κ3) is 11.0. The van der Waals surface area contributed by atoms with Crippen molar-refractivity contribution in [1.82, 2.24) is 4.90 Å². The minimum atomic E-state index is -0.160. The number of nitrogens with zero attached hydrogens (tertiary/aromatic N) is 1. The zero-order valence-corrected chi connectivity index (χ0v) is 23.6. The maximum absolute atomic E-state index is 12.2. The van der Waals surface area contributed by atoms with E-state index in [1.54, 1.807) is 24.3 Å². The number of imide groups is 1. The van der Waals surface area contributed by atoms with E-state index in [2.05, 4.69) is 24.3 Å². The molecule has 40 heavy (non-hydrogen) atoms. The van der Waals surface area contributed by atoms with Crippen LogP contribution in [0.25, 0.3) is 0 Å². The molecule has 3 aromatic carbocycles. The highest BCUT2D eigenvalue weighted by Gasteiger charge is 2.34. The Morgan fingerprint density at radius 3 is 1.43 bits per heavy atom. The Morgan fingerprint density at radius 1 is 0.525 bits per heavy atom. The lowest BCUT2D eigenvalue weighted by atomic mass is 10.1. The van der Waals surface area contributed by atoms with E-state index in [1.807, 2.05) is 36.4 Å². The number of fused-ring (bicyclic) bond motifs is 1. The molecule has 4 rings (SSSR count). The van der Waals surface area contributed by atoms with Crippen LogP contribution in [0.4, 0.5) is 0 Å². The van der Waals surface area contributed by atoms with E-state index in [1.165, 1.54) is 28.9 Å². The van der Waals surface area contributed by atoms with Gasteiger partial charge in [-0.05, 0) is 55.5 Å². The van der Waals surface area contributed by atoms with Gasteiger partial charge < -0.3 is 15.2 Å². The van der Waals surface area contributed by atoms with Gasteiger partial charge in [0.2, 0.25) is 0 Å². The van der Waals surface area contributed by atoms with Crippen molar-refractivity contribution >= 4 is 11.8 Å². The van der Waals surface area contributed by atoms with Crippen LogP contribution in [0.2, 0.25) is 0 Å². The van der Waals surface area contributed by atoms with Gasteiger partial charge in [-0.2, -0.15) is 0 Å². The molecule has 2 N–H and O–H groups in total. The van der Waals surface area contributed by atoms with E-state index >= 15 is 0 Å². The number of hydrogen-bond donors (Lipinski definition) is 1. The quantitative estimate of drug-likeness (QED) is 0.150. The number of rotatable bonds is 17. The molecule has 214 valence electrons. The smallest absolute Gasteiger partial charge is 0.261 e. The number of carbonyl (C=O) groups excluding carboxylic acids is 2. The molecule has 0 saturated heterocycles. The van der Waals surface area contributed by atoms with Crippen LogP contribution in [0.5, 0.6) is 0 Å². The molecule has 3 aromatic rings. The maximum atomic E-state index is 12.2. The molecule has 0 saturated carbocycles. The first-order valence-corrected chi connectivity index (χ1v) is 14.6. The first kappa shape index (κ1) is 31.2.